The average molecular weight is 263 g/mol. The van der Waals surface area contributed by atoms with Crippen LogP contribution < -0.4 is 5.32 Å². The van der Waals surface area contributed by atoms with E-state index in [0.717, 1.165) is 0 Å². The average Bonchev–Trinajstić information content (AvgIpc) is 2.33. The Morgan fingerprint density at radius 2 is 1.78 bits per heavy atom. The Kier molecular flexibility index (Phi) is 3.99. The summed E-state index contributed by atoms with van der Waals surface area (Å²) in [5.41, 5.74) is 1.17. The van der Waals surface area contributed by atoms with Gasteiger partial charge in [-0.15, -0.1) is 0 Å². The van der Waals surface area contributed by atoms with Crippen LogP contribution in [0.3, 0.4) is 0 Å². The van der Waals surface area contributed by atoms with Gasteiger partial charge in [-0.2, -0.15) is 0 Å². The Bertz CT molecular complexity index is 635. The number of nitrogens with one attached hydrogen (secondary N) is 1. The van der Waals surface area contributed by atoms with Gasteiger partial charge >= 0.3 is 0 Å². The fourth-order valence-electron chi connectivity index (χ4n) is 1.84. The highest BCUT2D eigenvalue weighted by atomic mass is 32.2. The highest BCUT2D eigenvalue weighted by Gasteiger charge is 2.01. The topological polar surface area (TPSA) is 46.2 Å². The van der Waals surface area contributed by atoms with Crippen molar-refractivity contribution in [2.45, 2.75) is 6.54 Å². The van der Waals surface area contributed by atoms with E-state index in [1.54, 1.807) is 0 Å². The lowest BCUT2D eigenvalue weighted by Crippen LogP contribution is -2.21. The molecule has 0 atom stereocenters. The molecule has 3 nitrogen and oxygen atoms in total. The molecule has 0 fully saturated rings. The largest absolute Gasteiger partial charge is 0.312 e. The SMILES string of the molecule is CS(=O)(=O)CCNCc1ccc2ccccc2c1. The fourth-order valence-corrected chi connectivity index (χ4v) is 2.35. The van der Waals surface area contributed by atoms with Crippen molar-refractivity contribution < 1.29 is 8.42 Å². The molecule has 0 saturated carbocycles. The van der Waals surface area contributed by atoms with Crippen LogP contribution in [-0.2, 0) is 16.4 Å². The normalized spacial score (nSPS) is 11.8. The van der Waals surface area contributed by atoms with Crippen molar-refractivity contribution in [3.8, 4) is 0 Å². The summed E-state index contributed by atoms with van der Waals surface area (Å²) >= 11 is 0. The quantitative estimate of drug-likeness (QED) is 0.839. The number of hydrogen-bond donors (Lipinski definition) is 1. The van der Waals surface area contributed by atoms with E-state index in [4.69, 9.17) is 0 Å². The van der Waals surface area contributed by atoms with Gasteiger partial charge in [-0.3, -0.25) is 0 Å². The van der Waals surface area contributed by atoms with E-state index < -0.39 is 9.84 Å². The molecule has 0 aliphatic rings. The molecule has 0 aromatic heterocycles. The standard InChI is InChI=1S/C14H17NO2S/c1-18(16,17)9-8-15-11-12-6-7-13-4-2-3-5-14(13)10-12/h2-7,10,15H,8-9,11H2,1H3. The monoisotopic (exact) mass is 263 g/mol. The van der Waals surface area contributed by atoms with Crippen LogP contribution in [0.2, 0.25) is 0 Å². The number of fused-ring (bicyclic) bond motifs is 1. The Morgan fingerprint density at radius 1 is 1.06 bits per heavy atom. The van der Waals surface area contributed by atoms with Crippen molar-refractivity contribution in [3.05, 3.63) is 48.0 Å². The van der Waals surface area contributed by atoms with Gasteiger partial charge in [0.25, 0.3) is 0 Å². The highest BCUT2D eigenvalue weighted by Crippen LogP contribution is 2.15. The molecule has 0 amide bonds. The zero-order valence-corrected chi connectivity index (χ0v) is 11.2. The molecule has 1 N–H and O–H groups in total. The first-order valence-electron chi connectivity index (χ1n) is 5.91. The van der Waals surface area contributed by atoms with E-state index in [2.05, 4.69) is 35.6 Å². The Hall–Kier alpha value is -1.39. The Morgan fingerprint density at radius 3 is 2.50 bits per heavy atom. The molecule has 0 bridgehead atoms. The van der Waals surface area contributed by atoms with Crippen LogP contribution in [-0.4, -0.2) is 27.0 Å². The van der Waals surface area contributed by atoms with Crippen LogP contribution in [0.5, 0.6) is 0 Å². The zero-order chi connectivity index (χ0) is 13.0. The highest BCUT2D eigenvalue weighted by molar-refractivity contribution is 7.90. The van der Waals surface area contributed by atoms with Crippen molar-refractivity contribution in [3.63, 3.8) is 0 Å². The van der Waals surface area contributed by atoms with E-state index >= 15 is 0 Å². The zero-order valence-electron chi connectivity index (χ0n) is 10.4. The van der Waals surface area contributed by atoms with Crippen molar-refractivity contribution in [1.29, 1.82) is 0 Å². The first-order valence-corrected chi connectivity index (χ1v) is 7.97. The molecule has 0 spiro atoms. The molecular weight excluding hydrogens is 246 g/mol. The van der Waals surface area contributed by atoms with E-state index in [9.17, 15) is 8.42 Å². The summed E-state index contributed by atoms with van der Waals surface area (Å²) in [5, 5.41) is 5.57. The molecule has 0 radical (unpaired) electrons. The summed E-state index contributed by atoms with van der Waals surface area (Å²) in [6.07, 6.45) is 1.25. The lowest BCUT2D eigenvalue weighted by atomic mass is 10.1. The van der Waals surface area contributed by atoms with Gasteiger partial charge < -0.3 is 5.32 Å². The smallest absolute Gasteiger partial charge is 0.148 e. The summed E-state index contributed by atoms with van der Waals surface area (Å²) in [7, 11) is -2.88. The van der Waals surface area contributed by atoms with Crippen LogP contribution in [0, 0.1) is 0 Å². The van der Waals surface area contributed by atoms with Crippen LogP contribution in [0.1, 0.15) is 5.56 Å². The lowest BCUT2D eigenvalue weighted by Gasteiger charge is -2.05. The van der Waals surface area contributed by atoms with Gasteiger partial charge in [-0.1, -0.05) is 36.4 Å². The fraction of sp³-hybridized carbons (Fsp3) is 0.286. The predicted molar refractivity (Wildman–Crippen MR) is 75.4 cm³/mol. The number of sulfone groups is 1. The molecule has 4 heteroatoms. The summed E-state index contributed by atoms with van der Waals surface area (Å²) in [6, 6.07) is 14.5. The summed E-state index contributed by atoms with van der Waals surface area (Å²) in [6.45, 7) is 1.19. The first-order chi connectivity index (χ1) is 8.54. The molecule has 2 aromatic rings. The predicted octanol–water partition coefficient (Wildman–Crippen LogP) is 1.97. The van der Waals surface area contributed by atoms with Gasteiger partial charge in [-0.05, 0) is 22.4 Å². The molecular formula is C14H17NO2S. The van der Waals surface area contributed by atoms with Crippen LogP contribution in [0.15, 0.2) is 42.5 Å². The van der Waals surface area contributed by atoms with Gasteiger partial charge in [0.15, 0.2) is 0 Å². The maximum atomic E-state index is 11.0. The molecule has 0 heterocycles. The molecule has 0 aliphatic carbocycles. The van der Waals surface area contributed by atoms with E-state index in [1.165, 1.54) is 22.6 Å². The molecule has 0 aliphatic heterocycles. The van der Waals surface area contributed by atoms with Crippen molar-refractivity contribution >= 4 is 20.6 Å². The summed E-state index contributed by atoms with van der Waals surface area (Å²) in [5.74, 6) is 0.181. The number of rotatable bonds is 5. The summed E-state index contributed by atoms with van der Waals surface area (Å²) < 4.78 is 22.0. The summed E-state index contributed by atoms with van der Waals surface area (Å²) in [4.78, 5) is 0. The second kappa shape index (κ2) is 5.50. The molecule has 0 saturated heterocycles. The third-order valence-electron chi connectivity index (χ3n) is 2.79. The lowest BCUT2D eigenvalue weighted by molar-refractivity contribution is 0.596. The van der Waals surface area contributed by atoms with Crippen LogP contribution >= 0.6 is 0 Å². The van der Waals surface area contributed by atoms with Crippen molar-refractivity contribution in [2.24, 2.45) is 0 Å². The third kappa shape index (κ3) is 3.82. The molecule has 18 heavy (non-hydrogen) atoms. The van der Waals surface area contributed by atoms with E-state index in [-0.39, 0.29) is 5.75 Å². The Balaban J connectivity index is 1.96. The number of hydrogen-bond acceptors (Lipinski definition) is 3. The van der Waals surface area contributed by atoms with Gasteiger partial charge in [0, 0.05) is 19.3 Å². The second-order valence-electron chi connectivity index (χ2n) is 4.49. The van der Waals surface area contributed by atoms with Gasteiger partial charge in [0.2, 0.25) is 0 Å². The van der Waals surface area contributed by atoms with Crippen LogP contribution in [0.4, 0.5) is 0 Å². The van der Waals surface area contributed by atoms with Crippen molar-refractivity contribution in [2.75, 3.05) is 18.6 Å². The van der Waals surface area contributed by atoms with E-state index in [1.807, 2.05) is 12.1 Å². The maximum absolute atomic E-state index is 11.0. The van der Waals surface area contributed by atoms with Crippen molar-refractivity contribution in [1.82, 2.24) is 5.32 Å². The minimum atomic E-state index is -2.88. The maximum Gasteiger partial charge on any atom is 0.148 e. The number of benzene rings is 2. The molecule has 2 rings (SSSR count). The Labute approximate surface area is 108 Å². The minimum absolute atomic E-state index is 0.181. The third-order valence-corrected chi connectivity index (χ3v) is 3.74. The van der Waals surface area contributed by atoms with Crippen LogP contribution in [0.25, 0.3) is 10.8 Å². The second-order valence-corrected chi connectivity index (χ2v) is 6.75. The van der Waals surface area contributed by atoms with Gasteiger partial charge in [0.1, 0.15) is 9.84 Å². The molecule has 0 unspecified atom stereocenters. The van der Waals surface area contributed by atoms with E-state index in [0.29, 0.717) is 13.1 Å². The van der Waals surface area contributed by atoms with Gasteiger partial charge in [0.05, 0.1) is 5.75 Å². The molecule has 96 valence electrons. The molecule has 2 aromatic carbocycles. The minimum Gasteiger partial charge on any atom is -0.312 e. The van der Waals surface area contributed by atoms with Gasteiger partial charge in [-0.25, -0.2) is 8.42 Å². The first kappa shape index (κ1) is 13.1.